The van der Waals surface area contributed by atoms with E-state index in [2.05, 4.69) is 43.5 Å². The van der Waals surface area contributed by atoms with Crippen molar-refractivity contribution in [1.29, 1.82) is 0 Å². The first-order valence-corrected chi connectivity index (χ1v) is 3.98. The summed E-state index contributed by atoms with van der Waals surface area (Å²) in [5.41, 5.74) is 2.51. The van der Waals surface area contributed by atoms with Crippen LogP contribution in [0.1, 0.15) is 13.8 Å². The van der Waals surface area contributed by atoms with Gasteiger partial charge in [-0.15, -0.1) is 0 Å². The summed E-state index contributed by atoms with van der Waals surface area (Å²) in [5, 5.41) is 3.13. The van der Waals surface area contributed by atoms with Gasteiger partial charge in [-0.3, -0.25) is 0 Å². The van der Waals surface area contributed by atoms with Crippen LogP contribution in [-0.2, 0) is 0 Å². The van der Waals surface area contributed by atoms with Gasteiger partial charge in [0, 0.05) is 12.7 Å². The summed E-state index contributed by atoms with van der Waals surface area (Å²) in [6, 6.07) is 0. The highest BCUT2D eigenvalue weighted by atomic mass is 14.8. The highest BCUT2D eigenvalue weighted by Crippen LogP contribution is 2.12. The van der Waals surface area contributed by atoms with Crippen LogP contribution in [0.5, 0.6) is 0 Å². The third-order valence-corrected chi connectivity index (χ3v) is 1.78. The monoisotopic (exact) mass is 149 g/mol. The van der Waals surface area contributed by atoms with Crippen molar-refractivity contribution in [3.05, 3.63) is 35.6 Å². The van der Waals surface area contributed by atoms with Crippen LogP contribution in [0.4, 0.5) is 0 Å². The summed E-state index contributed by atoms with van der Waals surface area (Å²) in [7, 11) is 1.94. The molecule has 1 heteroatoms. The molecule has 11 heavy (non-hydrogen) atoms. The molecule has 60 valence electrons. The van der Waals surface area contributed by atoms with Crippen LogP contribution in [0.3, 0.4) is 0 Å². The molecule has 0 aromatic rings. The molecule has 0 fully saturated rings. The summed E-state index contributed by atoms with van der Waals surface area (Å²) in [4.78, 5) is 0. The molecule has 1 N–H and O–H groups in total. The van der Waals surface area contributed by atoms with E-state index >= 15 is 0 Å². The van der Waals surface area contributed by atoms with Crippen LogP contribution in [0, 0.1) is 5.92 Å². The van der Waals surface area contributed by atoms with Crippen molar-refractivity contribution in [2.24, 2.45) is 5.92 Å². The first kappa shape index (κ1) is 8.12. The number of hydrogen-bond acceptors (Lipinski definition) is 1. The minimum absolute atomic E-state index is 0.553. The van der Waals surface area contributed by atoms with Gasteiger partial charge in [0.2, 0.25) is 0 Å². The van der Waals surface area contributed by atoms with Crippen LogP contribution in [0.2, 0.25) is 0 Å². The smallest absolute Gasteiger partial charge is 0.0337 e. The molecule has 0 amide bonds. The molecule has 1 aliphatic rings. The van der Waals surface area contributed by atoms with E-state index in [1.807, 2.05) is 7.05 Å². The van der Waals surface area contributed by atoms with Gasteiger partial charge in [0.15, 0.2) is 0 Å². The Balaban J connectivity index is 2.85. The summed E-state index contributed by atoms with van der Waals surface area (Å²) in [6.07, 6.45) is 8.72. The summed E-state index contributed by atoms with van der Waals surface area (Å²) >= 11 is 0. The minimum Gasteiger partial charge on any atom is -0.388 e. The number of hydrogen-bond donors (Lipinski definition) is 1. The summed E-state index contributed by atoms with van der Waals surface area (Å²) in [5.74, 6) is 0.553. The fraction of sp³-hybridized carbons (Fsp3) is 0.400. The zero-order chi connectivity index (χ0) is 8.27. The molecular formula is C10H15N. The third kappa shape index (κ3) is 2.26. The lowest BCUT2D eigenvalue weighted by molar-refractivity contribution is 0.931. The predicted octanol–water partition coefficient (Wildman–Crippen LogP) is 2.24. The van der Waals surface area contributed by atoms with Crippen molar-refractivity contribution in [3.8, 4) is 0 Å². The molecule has 0 aromatic carbocycles. The molecule has 1 unspecified atom stereocenters. The fourth-order valence-electron chi connectivity index (χ4n) is 1.22. The fourth-order valence-corrected chi connectivity index (χ4v) is 1.22. The molecule has 1 aliphatic carbocycles. The SMILES string of the molecule is CNC1=CC(C)=CC(C)C=C1. The number of rotatable bonds is 1. The predicted molar refractivity (Wildman–Crippen MR) is 49.2 cm³/mol. The van der Waals surface area contributed by atoms with Crippen LogP contribution in [0.15, 0.2) is 35.6 Å². The van der Waals surface area contributed by atoms with E-state index in [1.54, 1.807) is 0 Å². The maximum Gasteiger partial charge on any atom is 0.0337 e. The molecule has 0 saturated heterocycles. The Morgan fingerprint density at radius 1 is 1.45 bits per heavy atom. The van der Waals surface area contributed by atoms with Gasteiger partial charge >= 0.3 is 0 Å². The van der Waals surface area contributed by atoms with Crippen LogP contribution in [-0.4, -0.2) is 7.05 Å². The minimum atomic E-state index is 0.553. The number of nitrogens with one attached hydrogen (secondary N) is 1. The molecule has 1 atom stereocenters. The highest BCUT2D eigenvalue weighted by Gasteiger charge is 1.98. The van der Waals surface area contributed by atoms with E-state index in [4.69, 9.17) is 0 Å². The molecule has 0 radical (unpaired) electrons. The Hall–Kier alpha value is -0.980. The molecule has 0 aliphatic heterocycles. The van der Waals surface area contributed by atoms with Crippen molar-refractivity contribution in [2.75, 3.05) is 7.05 Å². The second-order valence-corrected chi connectivity index (χ2v) is 2.98. The van der Waals surface area contributed by atoms with E-state index in [0.717, 1.165) is 0 Å². The average molecular weight is 149 g/mol. The second-order valence-electron chi connectivity index (χ2n) is 2.98. The van der Waals surface area contributed by atoms with E-state index in [9.17, 15) is 0 Å². The number of likely N-dealkylation sites (N-methyl/N-ethyl adjacent to an activating group) is 1. The third-order valence-electron chi connectivity index (χ3n) is 1.78. The number of allylic oxidation sites excluding steroid dienone is 5. The largest absolute Gasteiger partial charge is 0.388 e. The van der Waals surface area contributed by atoms with E-state index < -0.39 is 0 Å². The highest BCUT2D eigenvalue weighted by molar-refractivity contribution is 5.32. The molecule has 0 heterocycles. The Morgan fingerprint density at radius 2 is 2.18 bits per heavy atom. The molecule has 0 bridgehead atoms. The van der Waals surface area contributed by atoms with Crippen molar-refractivity contribution in [1.82, 2.24) is 5.32 Å². The standard InChI is InChI=1S/C10H15N/c1-8-4-5-10(11-3)7-9(2)6-8/h4-8,11H,1-3H3. The van der Waals surface area contributed by atoms with Crippen molar-refractivity contribution < 1.29 is 0 Å². The topological polar surface area (TPSA) is 12.0 Å². The summed E-state index contributed by atoms with van der Waals surface area (Å²) < 4.78 is 0. The zero-order valence-corrected chi connectivity index (χ0v) is 7.39. The molecule has 0 aromatic heterocycles. The molecule has 1 rings (SSSR count). The first-order valence-electron chi connectivity index (χ1n) is 3.98. The first-order chi connectivity index (χ1) is 5.22. The van der Waals surface area contributed by atoms with Crippen LogP contribution in [0.25, 0.3) is 0 Å². The molecule has 1 nitrogen and oxygen atoms in total. The Morgan fingerprint density at radius 3 is 2.82 bits per heavy atom. The maximum atomic E-state index is 3.13. The molecule has 0 saturated carbocycles. The van der Waals surface area contributed by atoms with Gasteiger partial charge in [0.1, 0.15) is 0 Å². The zero-order valence-electron chi connectivity index (χ0n) is 7.39. The summed E-state index contributed by atoms with van der Waals surface area (Å²) in [6.45, 7) is 4.31. The Bertz CT molecular complexity index is 221. The van der Waals surface area contributed by atoms with E-state index in [1.165, 1.54) is 11.3 Å². The Kier molecular flexibility index (Phi) is 2.53. The quantitative estimate of drug-likeness (QED) is 0.603. The van der Waals surface area contributed by atoms with Gasteiger partial charge in [-0.05, 0) is 25.0 Å². The van der Waals surface area contributed by atoms with Gasteiger partial charge in [-0.25, -0.2) is 0 Å². The van der Waals surface area contributed by atoms with Gasteiger partial charge < -0.3 is 5.32 Å². The lowest BCUT2D eigenvalue weighted by atomic mass is 10.1. The van der Waals surface area contributed by atoms with Crippen molar-refractivity contribution >= 4 is 0 Å². The van der Waals surface area contributed by atoms with Crippen LogP contribution >= 0.6 is 0 Å². The van der Waals surface area contributed by atoms with Gasteiger partial charge in [0.05, 0.1) is 0 Å². The van der Waals surface area contributed by atoms with Crippen LogP contribution < -0.4 is 5.32 Å². The Labute approximate surface area is 68.5 Å². The van der Waals surface area contributed by atoms with Crippen molar-refractivity contribution in [3.63, 3.8) is 0 Å². The van der Waals surface area contributed by atoms with E-state index in [0.29, 0.717) is 5.92 Å². The molecule has 0 spiro atoms. The van der Waals surface area contributed by atoms with E-state index in [-0.39, 0.29) is 0 Å². The normalized spacial score (nSPS) is 23.7. The van der Waals surface area contributed by atoms with Gasteiger partial charge in [0.25, 0.3) is 0 Å². The lowest BCUT2D eigenvalue weighted by Crippen LogP contribution is -2.02. The second kappa shape index (κ2) is 3.42. The van der Waals surface area contributed by atoms with Gasteiger partial charge in [-0.2, -0.15) is 0 Å². The lowest BCUT2D eigenvalue weighted by Gasteiger charge is -1.97. The molecular weight excluding hydrogens is 134 g/mol. The van der Waals surface area contributed by atoms with Crippen molar-refractivity contribution in [2.45, 2.75) is 13.8 Å². The maximum absolute atomic E-state index is 3.13. The average Bonchev–Trinajstić information content (AvgIpc) is 2.11. The van der Waals surface area contributed by atoms with Gasteiger partial charge in [-0.1, -0.05) is 24.6 Å².